The van der Waals surface area contributed by atoms with Gasteiger partial charge >= 0.3 is 5.97 Å². The zero-order valence-electron chi connectivity index (χ0n) is 17.0. The fourth-order valence-electron chi connectivity index (χ4n) is 3.33. The summed E-state index contributed by atoms with van der Waals surface area (Å²) in [6, 6.07) is 24.0. The van der Waals surface area contributed by atoms with Gasteiger partial charge in [0.1, 0.15) is 11.5 Å². The Morgan fingerprint density at radius 2 is 1.48 bits per heavy atom. The molecule has 0 amide bonds. The molecule has 31 heavy (non-hydrogen) atoms. The normalized spacial score (nSPS) is 10.6. The van der Waals surface area contributed by atoms with Gasteiger partial charge in [-0.15, -0.1) is 0 Å². The first-order valence-corrected chi connectivity index (χ1v) is 9.77. The third-order valence-corrected chi connectivity index (χ3v) is 4.83. The minimum atomic E-state index is -0.620. The van der Waals surface area contributed by atoms with Gasteiger partial charge in [0, 0.05) is 10.9 Å². The fourth-order valence-corrected chi connectivity index (χ4v) is 3.33. The summed E-state index contributed by atoms with van der Waals surface area (Å²) in [4.78, 5) is 28.4. The molecular weight excluding hydrogens is 394 g/mol. The van der Waals surface area contributed by atoms with E-state index in [-0.39, 0.29) is 19.0 Å². The first kappa shape index (κ1) is 20.2. The Morgan fingerprint density at radius 1 is 0.806 bits per heavy atom. The number of nitrogens with one attached hydrogen (secondary N) is 1. The SMILES string of the molecule is COc1ccc(OCC(=O)OCC(=O)c2c(-c3ccccc3)[nH]c3ccccc23)cc1. The lowest BCUT2D eigenvalue weighted by Crippen LogP contribution is -2.19. The van der Waals surface area contributed by atoms with Crippen LogP contribution in [0, 0.1) is 0 Å². The van der Waals surface area contributed by atoms with Crippen LogP contribution >= 0.6 is 0 Å². The summed E-state index contributed by atoms with van der Waals surface area (Å²) >= 11 is 0. The van der Waals surface area contributed by atoms with E-state index in [2.05, 4.69) is 4.98 Å². The van der Waals surface area contributed by atoms with Crippen molar-refractivity contribution in [2.24, 2.45) is 0 Å². The number of Topliss-reactive ketones (excluding diaryl/α,β-unsaturated/α-hetero) is 1. The summed E-state index contributed by atoms with van der Waals surface area (Å²) in [6.45, 7) is -0.661. The van der Waals surface area contributed by atoms with Gasteiger partial charge in [-0.05, 0) is 35.9 Å². The summed E-state index contributed by atoms with van der Waals surface area (Å²) < 4.78 is 15.7. The van der Waals surface area contributed by atoms with Crippen LogP contribution in [0.1, 0.15) is 10.4 Å². The summed E-state index contributed by atoms with van der Waals surface area (Å²) in [7, 11) is 1.57. The number of H-pyrrole nitrogens is 1. The average Bonchev–Trinajstić information content (AvgIpc) is 3.22. The molecule has 0 unspecified atom stereocenters. The molecule has 4 rings (SSSR count). The van der Waals surface area contributed by atoms with Gasteiger partial charge in [0.25, 0.3) is 0 Å². The minimum absolute atomic E-state index is 0.283. The maximum Gasteiger partial charge on any atom is 0.344 e. The molecule has 0 atom stereocenters. The van der Waals surface area contributed by atoms with Crippen LogP contribution in [0.15, 0.2) is 78.9 Å². The highest BCUT2D eigenvalue weighted by Gasteiger charge is 2.20. The highest BCUT2D eigenvalue weighted by molar-refractivity contribution is 6.14. The number of benzene rings is 3. The molecule has 156 valence electrons. The van der Waals surface area contributed by atoms with Gasteiger partial charge in [-0.3, -0.25) is 4.79 Å². The molecule has 0 saturated heterocycles. The van der Waals surface area contributed by atoms with E-state index in [0.29, 0.717) is 22.8 Å². The van der Waals surface area contributed by atoms with Gasteiger partial charge in [-0.2, -0.15) is 0 Å². The van der Waals surface area contributed by atoms with Gasteiger partial charge in [0.05, 0.1) is 18.4 Å². The number of carbonyl (C=O) groups excluding carboxylic acids is 2. The van der Waals surface area contributed by atoms with Crippen molar-refractivity contribution in [3.63, 3.8) is 0 Å². The van der Waals surface area contributed by atoms with Gasteiger partial charge in [0.15, 0.2) is 13.2 Å². The van der Waals surface area contributed by atoms with Crippen LogP contribution in [0.3, 0.4) is 0 Å². The Labute approximate surface area is 179 Å². The van der Waals surface area contributed by atoms with Crippen LogP contribution < -0.4 is 9.47 Å². The molecule has 4 aromatic rings. The summed E-state index contributed by atoms with van der Waals surface area (Å²) in [5, 5.41) is 0.789. The highest BCUT2D eigenvalue weighted by Crippen LogP contribution is 2.30. The largest absolute Gasteiger partial charge is 0.497 e. The van der Waals surface area contributed by atoms with Crippen molar-refractivity contribution in [3.05, 3.63) is 84.4 Å². The second kappa shape index (κ2) is 9.17. The number of esters is 1. The predicted molar refractivity (Wildman–Crippen MR) is 118 cm³/mol. The number of ether oxygens (including phenoxy) is 3. The topological polar surface area (TPSA) is 77.6 Å². The van der Waals surface area contributed by atoms with E-state index in [4.69, 9.17) is 14.2 Å². The molecule has 0 fully saturated rings. The third kappa shape index (κ3) is 4.59. The summed E-state index contributed by atoms with van der Waals surface area (Å²) in [5.41, 5.74) is 2.94. The molecule has 0 spiro atoms. The van der Waals surface area contributed by atoms with Crippen LogP contribution in [-0.2, 0) is 9.53 Å². The third-order valence-electron chi connectivity index (χ3n) is 4.83. The lowest BCUT2D eigenvalue weighted by atomic mass is 10.0. The molecule has 1 aromatic heterocycles. The van der Waals surface area contributed by atoms with E-state index < -0.39 is 5.97 Å². The minimum Gasteiger partial charge on any atom is -0.497 e. The number of aromatic nitrogens is 1. The quantitative estimate of drug-likeness (QED) is 0.335. The van der Waals surface area contributed by atoms with E-state index in [1.165, 1.54) is 0 Å². The number of rotatable bonds is 8. The first-order chi connectivity index (χ1) is 15.2. The molecule has 3 aromatic carbocycles. The van der Waals surface area contributed by atoms with E-state index in [1.807, 2.05) is 54.6 Å². The molecular formula is C25H21NO5. The molecule has 0 aliphatic heterocycles. The Morgan fingerprint density at radius 3 is 2.23 bits per heavy atom. The standard InChI is InChI=1S/C25H21NO5/c1-29-18-11-13-19(14-12-18)30-16-23(28)31-15-22(27)24-20-9-5-6-10-21(20)26-25(24)17-7-3-2-4-8-17/h2-14,26H,15-16H2,1H3. The number of hydrogen-bond acceptors (Lipinski definition) is 5. The van der Waals surface area contributed by atoms with Crippen LogP contribution in [0.2, 0.25) is 0 Å². The summed E-state index contributed by atoms with van der Waals surface area (Å²) in [5.74, 6) is 0.292. The number of para-hydroxylation sites is 1. The van der Waals surface area contributed by atoms with Crippen LogP contribution in [0.5, 0.6) is 11.5 Å². The van der Waals surface area contributed by atoms with Gasteiger partial charge in [-0.1, -0.05) is 48.5 Å². The Hall–Kier alpha value is -4.06. The van der Waals surface area contributed by atoms with Gasteiger partial charge < -0.3 is 19.2 Å². The van der Waals surface area contributed by atoms with Gasteiger partial charge in [-0.25, -0.2) is 4.79 Å². The number of carbonyl (C=O) groups is 2. The highest BCUT2D eigenvalue weighted by atomic mass is 16.6. The molecule has 0 saturated carbocycles. The zero-order chi connectivity index (χ0) is 21.6. The van der Waals surface area contributed by atoms with Crippen molar-refractivity contribution in [2.45, 2.75) is 0 Å². The Bertz CT molecular complexity index is 1200. The second-order valence-electron chi connectivity index (χ2n) is 6.83. The number of hydrogen-bond donors (Lipinski definition) is 1. The average molecular weight is 415 g/mol. The maximum atomic E-state index is 13.0. The molecule has 1 N–H and O–H groups in total. The smallest absolute Gasteiger partial charge is 0.344 e. The number of ketones is 1. The van der Waals surface area contributed by atoms with E-state index >= 15 is 0 Å². The molecule has 0 aliphatic carbocycles. The van der Waals surface area contributed by atoms with Crippen molar-refractivity contribution in [2.75, 3.05) is 20.3 Å². The Balaban J connectivity index is 1.45. The summed E-state index contributed by atoms with van der Waals surface area (Å²) in [6.07, 6.45) is 0. The zero-order valence-corrected chi connectivity index (χ0v) is 17.0. The lowest BCUT2D eigenvalue weighted by Gasteiger charge is -2.08. The maximum absolute atomic E-state index is 13.0. The van der Waals surface area contributed by atoms with Gasteiger partial charge in [0.2, 0.25) is 5.78 Å². The molecule has 0 bridgehead atoms. The molecule has 0 radical (unpaired) electrons. The molecule has 6 nitrogen and oxygen atoms in total. The fraction of sp³-hybridized carbons (Fsp3) is 0.120. The number of fused-ring (bicyclic) bond motifs is 1. The van der Waals surface area contributed by atoms with E-state index in [9.17, 15) is 9.59 Å². The number of methoxy groups -OCH3 is 1. The van der Waals surface area contributed by atoms with Crippen molar-refractivity contribution >= 4 is 22.7 Å². The van der Waals surface area contributed by atoms with Crippen molar-refractivity contribution < 1.29 is 23.8 Å². The second-order valence-corrected chi connectivity index (χ2v) is 6.83. The molecule has 0 aliphatic rings. The number of aromatic amines is 1. The monoisotopic (exact) mass is 415 g/mol. The van der Waals surface area contributed by atoms with Crippen LogP contribution in [-0.4, -0.2) is 37.1 Å². The van der Waals surface area contributed by atoms with Crippen molar-refractivity contribution in [1.29, 1.82) is 0 Å². The van der Waals surface area contributed by atoms with E-state index in [1.54, 1.807) is 31.4 Å². The Kier molecular flexibility index (Phi) is 5.98. The lowest BCUT2D eigenvalue weighted by molar-refractivity contribution is -0.144. The van der Waals surface area contributed by atoms with Crippen molar-refractivity contribution in [1.82, 2.24) is 4.98 Å². The molecule has 6 heteroatoms. The molecule has 1 heterocycles. The van der Waals surface area contributed by atoms with Crippen LogP contribution in [0.4, 0.5) is 0 Å². The van der Waals surface area contributed by atoms with E-state index in [0.717, 1.165) is 16.5 Å². The first-order valence-electron chi connectivity index (χ1n) is 9.77. The van der Waals surface area contributed by atoms with Crippen LogP contribution in [0.25, 0.3) is 22.2 Å². The predicted octanol–water partition coefficient (Wildman–Crippen LogP) is 4.65. The van der Waals surface area contributed by atoms with Crippen molar-refractivity contribution in [3.8, 4) is 22.8 Å².